The molecule has 7 nitrogen and oxygen atoms in total. The van der Waals surface area contributed by atoms with Crippen LogP contribution in [0.25, 0.3) is 0 Å². The minimum Gasteiger partial charge on any atom is -0.480 e. The van der Waals surface area contributed by atoms with E-state index < -0.39 is 27.9 Å². The molecule has 1 aromatic heterocycles. The largest absolute Gasteiger partial charge is 0.480 e. The summed E-state index contributed by atoms with van der Waals surface area (Å²) < 4.78 is 27.1. The molecule has 0 unspecified atom stereocenters. The number of carboxylic acids is 1. The lowest BCUT2D eigenvalue weighted by Gasteiger charge is -2.16. The molecule has 0 radical (unpaired) electrons. The summed E-state index contributed by atoms with van der Waals surface area (Å²) in [6.07, 6.45) is 0.297. The number of carboxylic acid groups (broad SMARTS) is 1. The van der Waals surface area contributed by atoms with Crippen LogP contribution in [0.1, 0.15) is 30.6 Å². The number of carbonyl (C=O) groups excluding carboxylic acids is 1. The Balaban J connectivity index is 2.15. The number of carbonyl (C=O) groups is 2. The predicted octanol–water partition coefficient (Wildman–Crippen LogP) is 2.78. The van der Waals surface area contributed by atoms with E-state index in [0.29, 0.717) is 6.42 Å². The Labute approximate surface area is 156 Å². The fourth-order valence-corrected chi connectivity index (χ4v) is 4.32. The molecule has 26 heavy (non-hydrogen) atoms. The van der Waals surface area contributed by atoms with Crippen molar-refractivity contribution in [3.63, 3.8) is 0 Å². The maximum atomic E-state index is 12.3. The van der Waals surface area contributed by atoms with Crippen molar-refractivity contribution in [1.29, 1.82) is 0 Å². The van der Waals surface area contributed by atoms with Gasteiger partial charge in [-0.3, -0.25) is 9.52 Å². The second-order valence-corrected chi connectivity index (χ2v) is 8.97. The fourth-order valence-electron chi connectivity index (χ4n) is 2.28. The zero-order valence-corrected chi connectivity index (χ0v) is 15.9. The van der Waals surface area contributed by atoms with Crippen LogP contribution in [0.15, 0.2) is 46.0 Å². The van der Waals surface area contributed by atoms with Gasteiger partial charge in [0.15, 0.2) is 0 Å². The van der Waals surface area contributed by atoms with Gasteiger partial charge in [-0.1, -0.05) is 26.0 Å². The molecule has 2 rings (SSSR count). The first-order valence-electron chi connectivity index (χ1n) is 7.89. The van der Waals surface area contributed by atoms with Crippen molar-refractivity contribution >= 4 is 38.9 Å². The SMILES string of the molecule is CC(C)C[C@H](NC(=O)c1cccc(NS(=O)(=O)c2cccs2)c1)C(=O)O. The quantitative estimate of drug-likeness (QED) is 0.635. The van der Waals surface area contributed by atoms with Gasteiger partial charge in [0.05, 0.1) is 0 Å². The molecule has 0 bridgehead atoms. The van der Waals surface area contributed by atoms with Gasteiger partial charge >= 0.3 is 5.97 Å². The van der Waals surface area contributed by atoms with Gasteiger partial charge < -0.3 is 10.4 Å². The average Bonchev–Trinajstić information content (AvgIpc) is 3.09. The van der Waals surface area contributed by atoms with Gasteiger partial charge in [-0.25, -0.2) is 13.2 Å². The molecule has 0 saturated heterocycles. The van der Waals surface area contributed by atoms with Crippen molar-refractivity contribution < 1.29 is 23.1 Å². The maximum Gasteiger partial charge on any atom is 0.326 e. The Bertz CT molecular complexity index is 876. The van der Waals surface area contributed by atoms with Gasteiger partial charge in [-0.05, 0) is 42.0 Å². The van der Waals surface area contributed by atoms with Crippen molar-refractivity contribution in [3.8, 4) is 0 Å². The topological polar surface area (TPSA) is 113 Å². The third-order valence-corrected chi connectivity index (χ3v) is 6.23. The van der Waals surface area contributed by atoms with Crippen molar-refractivity contribution in [1.82, 2.24) is 5.32 Å². The van der Waals surface area contributed by atoms with E-state index in [4.69, 9.17) is 0 Å². The van der Waals surface area contributed by atoms with E-state index in [1.165, 1.54) is 30.3 Å². The predicted molar refractivity (Wildman–Crippen MR) is 99.9 cm³/mol. The number of rotatable bonds is 8. The van der Waals surface area contributed by atoms with Crippen LogP contribution in [0.5, 0.6) is 0 Å². The number of hydrogen-bond acceptors (Lipinski definition) is 5. The molecule has 1 heterocycles. The van der Waals surface area contributed by atoms with E-state index in [0.717, 1.165) is 11.3 Å². The first-order chi connectivity index (χ1) is 12.2. The molecule has 0 spiro atoms. The van der Waals surface area contributed by atoms with Gasteiger partial charge in [0.25, 0.3) is 15.9 Å². The molecular weight excluding hydrogens is 376 g/mol. The molecule has 3 N–H and O–H groups in total. The number of sulfonamides is 1. The summed E-state index contributed by atoms with van der Waals surface area (Å²) in [7, 11) is -3.72. The summed E-state index contributed by atoms with van der Waals surface area (Å²) >= 11 is 1.08. The number of nitrogens with one attached hydrogen (secondary N) is 2. The molecule has 0 fully saturated rings. The molecule has 0 saturated carbocycles. The summed E-state index contributed by atoms with van der Waals surface area (Å²) in [6.45, 7) is 3.73. The van der Waals surface area contributed by atoms with Crippen LogP contribution < -0.4 is 10.0 Å². The summed E-state index contributed by atoms with van der Waals surface area (Å²) in [4.78, 5) is 23.6. The van der Waals surface area contributed by atoms with Crippen LogP contribution in [-0.4, -0.2) is 31.4 Å². The summed E-state index contributed by atoms with van der Waals surface area (Å²) in [5, 5.41) is 13.3. The molecule has 2 aromatic rings. The van der Waals surface area contributed by atoms with Crippen LogP contribution in [0.3, 0.4) is 0 Å². The highest BCUT2D eigenvalue weighted by Crippen LogP contribution is 2.21. The van der Waals surface area contributed by atoms with E-state index in [2.05, 4.69) is 10.0 Å². The Hall–Kier alpha value is -2.39. The number of anilines is 1. The van der Waals surface area contributed by atoms with Crippen molar-refractivity contribution in [2.24, 2.45) is 5.92 Å². The second kappa shape index (κ2) is 8.33. The molecule has 9 heteroatoms. The zero-order valence-electron chi connectivity index (χ0n) is 14.3. The number of benzene rings is 1. The van der Waals surface area contributed by atoms with Gasteiger partial charge in [-0.2, -0.15) is 0 Å². The van der Waals surface area contributed by atoms with Gasteiger partial charge in [-0.15, -0.1) is 11.3 Å². The van der Waals surface area contributed by atoms with E-state index in [1.54, 1.807) is 11.4 Å². The van der Waals surface area contributed by atoms with E-state index >= 15 is 0 Å². The van der Waals surface area contributed by atoms with E-state index in [9.17, 15) is 23.1 Å². The lowest BCUT2D eigenvalue weighted by Crippen LogP contribution is -2.41. The number of amides is 1. The highest BCUT2D eigenvalue weighted by atomic mass is 32.2. The van der Waals surface area contributed by atoms with Crippen LogP contribution >= 0.6 is 11.3 Å². The molecule has 0 aliphatic carbocycles. The molecular formula is C17H20N2O5S2. The Kier molecular flexibility index (Phi) is 6.38. The summed E-state index contributed by atoms with van der Waals surface area (Å²) in [6, 6.07) is 8.01. The highest BCUT2D eigenvalue weighted by molar-refractivity contribution is 7.94. The normalized spacial score (nSPS) is 12.6. The number of aliphatic carboxylic acids is 1. The standard InChI is InChI=1S/C17H20N2O5S2/c1-11(2)9-14(17(21)22)18-16(20)12-5-3-6-13(10-12)19-26(23,24)15-7-4-8-25-15/h3-8,10-11,14,19H,9H2,1-2H3,(H,18,20)(H,21,22)/t14-/m0/s1. The summed E-state index contributed by atoms with van der Waals surface area (Å²) in [5.41, 5.74) is 0.396. The third kappa shape index (κ3) is 5.30. The van der Waals surface area contributed by atoms with Crippen molar-refractivity contribution in [3.05, 3.63) is 47.3 Å². The average molecular weight is 396 g/mol. The molecule has 1 amide bonds. The lowest BCUT2D eigenvalue weighted by atomic mass is 10.0. The van der Waals surface area contributed by atoms with Crippen molar-refractivity contribution in [2.75, 3.05) is 4.72 Å². The first kappa shape index (κ1) is 19.9. The fraction of sp³-hybridized carbons (Fsp3) is 0.294. The van der Waals surface area contributed by atoms with Gasteiger partial charge in [0.2, 0.25) is 0 Å². The first-order valence-corrected chi connectivity index (χ1v) is 10.3. The molecule has 0 aliphatic rings. The zero-order chi connectivity index (χ0) is 19.3. The van der Waals surface area contributed by atoms with Crippen LogP contribution in [-0.2, 0) is 14.8 Å². The van der Waals surface area contributed by atoms with Gasteiger partial charge in [0, 0.05) is 11.3 Å². The van der Waals surface area contributed by atoms with Crippen LogP contribution in [0, 0.1) is 5.92 Å². The maximum absolute atomic E-state index is 12.3. The van der Waals surface area contributed by atoms with Crippen LogP contribution in [0.4, 0.5) is 5.69 Å². The minimum atomic E-state index is -3.72. The highest BCUT2D eigenvalue weighted by Gasteiger charge is 2.22. The molecule has 1 atom stereocenters. The third-order valence-electron chi connectivity index (χ3n) is 3.45. The smallest absolute Gasteiger partial charge is 0.326 e. The van der Waals surface area contributed by atoms with E-state index in [1.807, 2.05) is 13.8 Å². The molecule has 0 aliphatic heterocycles. The number of hydrogen-bond donors (Lipinski definition) is 3. The number of thiophene rings is 1. The second-order valence-electron chi connectivity index (χ2n) is 6.11. The lowest BCUT2D eigenvalue weighted by molar-refractivity contribution is -0.139. The monoisotopic (exact) mass is 396 g/mol. The van der Waals surface area contributed by atoms with E-state index in [-0.39, 0.29) is 21.4 Å². The van der Waals surface area contributed by atoms with Gasteiger partial charge in [0.1, 0.15) is 10.3 Å². The Morgan fingerprint density at radius 3 is 2.50 bits per heavy atom. The molecule has 1 aromatic carbocycles. The Morgan fingerprint density at radius 1 is 1.19 bits per heavy atom. The molecule has 140 valence electrons. The van der Waals surface area contributed by atoms with Crippen LogP contribution in [0.2, 0.25) is 0 Å². The summed E-state index contributed by atoms with van der Waals surface area (Å²) in [5.74, 6) is -1.59. The van der Waals surface area contributed by atoms with Crippen molar-refractivity contribution in [2.45, 2.75) is 30.5 Å². The Morgan fingerprint density at radius 2 is 1.92 bits per heavy atom. The minimum absolute atomic E-state index is 0.0975.